The number of nitrogens with one attached hydrogen (secondary N) is 1. The smallest absolute Gasteiger partial charge is 0.357 e. The van der Waals surface area contributed by atoms with E-state index in [1.54, 1.807) is 30.3 Å². The molecule has 0 unspecified atom stereocenters. The van der Waals surface area contributed by atoms with E-state index in [9.17, 15) is 9.59 Å². The van der Waals surface area contributed by atoms with Crippen molar-refractivity contribution in [3.8, 4) is 16.9 Å². The number of hydrogen-bond donors (Lipinski definition) is 1. The lowest BCUT2D eigenvalue weighted by Gasteiger charge is -2.08. The highest BCUT2D eigenvalue weighted by Crippen LogP contribution is 2.23. The van der Waals surface area contributed by atoms with Crippen LogP contribution in [0.4, 0.5) is 17.1 Å². The third-order valence-corrected chi connectivity index (χ3v) is 5.51. The fraction of sp³-hybridized carbons (Fsp3) is 0.0333. The van der Waals surface area contributed by atoms with Gasteiger partial charge in [0.05, 0.1) is 22.8 Å². The summed E-state index contributed by atoms with van der Waals surface area (Å²) in [6.07, 6.45) is 0. The Bertz CT molecular complexity index is 1550. The Morgan fingerprint density at radius 3 is 1.97 bits per heavy atom. The molecule has 0 saturated carbocycles. The minimum Gasteiger partial charge on any atom is -0.451 e. The zero-order valence-electron chi connectivity index (χ0n) is 20.3. The zero-order chi connectivity index (χ0) is 26.2. The van der Waals surface area contributed by atoms with Gasteiger partial charge in [0.25, 0.3) is 5.91 Å². The molecule has 1 amide bonds. The van der Waals surface area contributed by atoms with Gasteiger partial charge in [-0.3, -0.25) is 4.79 Å². The second-order valence-corrected chi connectivity index (χ2v) is 8.23. The summed E-state index contributed by atoms with van der Waals surface area (Å²) in [5, 5.41) is 15.7. The van der Waals surface area contributed by atoms with Crippen molar-refractivity contribution in [1.82, 2.24) is 9.78 Å². The Labute approximate surface area is 219 Å². The molecule has 0 atom stereocenters. The van der Waals surface area contributed by atoms with Gasteiger partial charge in [0.1, 0.15) is 0 Å². The highest BCUT2D eigenvalue weighted by atomic mass is 16.5. The molecule has 38 heavy (non-hydrogen) atoms. The molecule has 8 heteroatoms. The molecule has 5 rings (SSSR count). The Hall–Kier alpha value is -5.37. The predicted molar refractivity (Wildman–Crippen MR) is 145 cm³/mol. The van der Waals surface area contributed by atoms with Crippen LogP contribution >= 0.6 is 0 Å². The first-order chi connectivity index (χ1) is 18.7. The van der Waals surface area contributed by atoms with E-state index in [0.29, 0.717) is 22.8 Å². The van der Waals surface area contributed by atoms with Gasteiger partial charge in [-0.05, 0) is 54.6 Å². The van der Waals surface area contributed by atoms with Crippen LogP contribution in [0.2, 0.25) is 0 Å². The second kappa shape index (κ2) is 11.6. The number of carbonyl (C=O) groups is 2. The molecule has 0 fully saturated rings. The van der Waals surface area contributed by atoms with Crippen LogP contribution in [0, 0.1) is 0 Å². The summed E-state index contributed by atoms with van der Waals surface area (Å²) >= 11 is 0. The standard InChI is InChI=1S/C30H23N5O3/c36-29(31-23-16-18-25(19-17-23)33-32-24-12-6-2-7-13-24)21-38-30(37)28-20-27(22-10-4-1-5-11-22)34-35(28)26-14-8-3-9-15-26/h1-20H,21H2,(H,31,36). The van der Waals surface area contributed by atoms with E-state index in [0.717, 1.165) is 11.3 Å². The van der Waals surface area contributed by atoms with Crippen molar-refractivity contribution in [3.05, 3.63) is 127 Å². The lowest BCUT2D eigenvalue weighted by atomic mass is 10.1. The average molecular weight is 502 g/mol. The van der Waals surface area contributed by atoms with Crippen LogP contribution < -0.4 is 5.32 Å². The maximum absolute atomic E-state index is 13.0. The van der Waals surface area contributed by atoms with Crippen LogP contribution in [-0.2, 0) is 9.53 Å². The molecule has 186 valence electrons. The normalized spacial score (nSPS) is 10.8. The molecule has 5 aromatic rings. The first-order valence-electron chi connectivity index (χ1n) is 11.9. The number of carbonyl (C=O) groups excluding carboxylic acids is 2. The van der Waals surface area contributed by atoms with Crippen molar-refractivity contribution in [1.29, 1.82) is 0 Å². The molecule has 0 spiro atoms. The summed E-state index contributed by atoms with van der Waals surface area (Å²) in [7, 11) is 0. The average Bonchev–Trinajstić information content (AvgIpc) is 3.43. The van der Waals surface area contributed by atoms with Crippen LogP contribution in [0.1, 0.15) is 10.5 Å². The van der Waals surface area contributed by atoms with E-state index in [1.165, 1.54) is 4.68 Å². The molecule has 1 heterocycles. The molecule has 0 bridgehead atoms. The van der Waals surface area contributed by atoms with Crippen molar-refractivity contribution in [2.24, 2.45) is 10.2 Å². The van der Waals surface area contributed by atoms with Crippen LogP contribution in [0.5, 0.6) is 0 Å². The van der Waals surface area contributed by atoms with Gasteiger partial charge in [-0.25, -0.2) is 9.48 Å². The molecule has 4 aromatic carbocycles. The Balaban J connectivity index is 1.23. The zero-order valence-corrected chi connectivity index (χ0v) is 20.3. The lowest BCUT2D eigenvalue weighted by Crippen LogP contribution is -2.22. The van der Waals surface area contributed by atoms with E-state index < -0.39 is 18.5 Å². The fourth-order valence-corrected chi connectivity index (χ4v) is 3.67. The SMILES string of the molecule is O=C(COC(=O)c1cc(-c2ccccc2)nn1-c1ccccc1)Nc1ccc(N=Nc2ccccc2)cc1. The largest absolute Gasteiger partial charge is 0.451 e. The van der Waals surface area contributed by atoms with E-state index in [-0.39, 0.29) is 5.69 Å². The number of anilines is 1. The number of hydrogen-bond acceptors (Lipinski definition) is 6. The van der Waals surface area contributed by atoms with E-state index >= 15 is 0 Å². The summed E-state index contributed by atoms with van der Waals surface area (Å²) in [5.74, 6) is -1.12. The molecule has 1 N–H and O–H groups in total. The van der Waals surface area contributed by atoms with Crippen molar-refractivity contribution in [2.45, 2.75) is 0 Å². The molecular weight excluding hydrogens is 478 g/mol. The quantitative estimate of drug-likeness (QED) is 0.188. The number of amides is 1. The molecule has 1 aromatic heterocycles. The van der Waals surface area contributed by atoms with Crippen LogP contribution in [0.25, 0.3) is 16.9 Å². The molecule has 0 aliphatic heterocycles. The van der Waals surface area contributed by atoms with Crippen LogP contribution in [0.3, 0.4) is 0 Å². The minimum atomic E-state index is -0.657. The summed E-state index contributed by atoms with van der Waals surface area (Å²) in [6, 6.07) is 36.7. The van der Waals surface area contributed by atoms with Gasteiger partial charge >= 0.3 is 5.97 Å². The van der Waals surface area contributed by atoms with Gasteiger partial charge in [-0.1, -0.05) is 66.7 Å². The highest BCUT2D eigenvalue weighted by Gasteiger charge is 2.20. The fourth-order valence-electron chi connectivity index (χ4n) is 3.67. The topological polar surface area (TPSA) is 97.9 Å². The van der Waals surface area contributed by atoms with E-state index in [2.05, 4.69) is 20.6 Å². The number of benzene rings is 4. The van der Waals surface area contributed by atoms with Gasteiger partial charge in [0.15, 0.2) is 12.3 Å². The second-order valence-electron chi connectivity index (χ2n) is 8.23. The van der Waals surface area contributed by atoms with Crippen molar-refractivity contribution in [3.63, 3.8) is 0 Å². The molecule has 0 radical (unpaired) electrons. The predicted octanol–water partition coefficient (Wildman–Crippen LogP) is 6.75. The van der Waals surface area contributed by atoms with Crippen LogP contribution in [0.15, 0.2) is 132 Å². The lowest BCUT2D eigenvalue weighted by molar-refractivity contribution is -0.119. The third-order valence-electron chi connectivity index (χ3n) is 5.51. The number of aromatic nitrogens is 2. The number of nitrogens with zero attached hydrogens (tertiary/aromatic N) is 4. The third kappa shape index (κ3) is 6.06. The molecule has 0 aliphatic carbocycles. The van der Waals surface area contributed by atoms with Crippen molar-refractivity contribution >= 4 is 28.9 Å². The summed E-state index contributed by atoms with van der Waals surface area (Å²) in [4.78, 5) is 25.5. The number of para-hydroxylation sites is 1. The van der Waals surface area contributed by atoms with E-state index in [1.807, 2.05) is 91.0 Å². The summed E-state index contributed by atoms with van der Waals surface area (Å²) in [6.45, 7) is -0.449. The molecule has 0 saturated heterocycles. The highest BCUT2D eigenvalue weighted by molar-refractivity contribution is 5.95. The monoisotopic (exact) mass is 501 g/mol. The molecular formula is C30H23N5O3. The number of rotatable bonds is 8. The van der Waals surface area contributed by atoms with Crippen LogP contribution in [-0.4, -0.2) is 28.3 Å². The van der Waals surface area contributed by atoms with Gasteiger partial charge in [-0.2, -0.15) is 15.3 Å². The number of azo groups is 1. The van der Waals surface area contributed by atoms with Gasteiger partial charge < -0.3 is 10.1 Å². The van der Waals surface area contributed by atoms with E-state index in [4.69, 9.17) is 4.74 Å². The number of esters is 1. The summed E-state index contributed by atoms with van der Waals surface area (Å²) in [5.41, 5.74) is 4.34. The molecule has 0 aliphatic rings. The Kier molecular flexibility index (Phi) is 7.41. The van der Waals surface area contributed by atoms with Gasteiger partial charge in [0.2, 0.25) is 0 Å². The Morgan fingerprint density at radius 2 is 1.32 bits per heavy atom. The minimum absolute atomic E-state index is 0.219. The van der Waals surface area contributed by atoms with Crippen molar-refractivity contribution in [2.75, 3.05) is 11.9 Å². The first-order valence-corrected chi connectivity index (χ1v) is 11.9. The van der Waals surface area contributed by atoms with Gasteiger partial charge in [0, 0.05) is 11.3 Å². The maximum atomic E-state index is 13.0. The maximum Gasteiger partial charge on any atom is 0.357 e. The van der Waals surface area contributed by atoms with Crippen molar-refractivity contribution < 1.29 is 14.3 Å². The first kappa shape index (κ1) is 24.3. The number of ether oxygens (including phenoxy) is 1. The molecule has 8 nitrogen and oxygen atoms in total. The van der Waals surface area contributed by atoms with Gasteiger partial charge in [-0.15, -0.1) is 0 Å². The summed E-state index contributed by atoms with van der Waals surface area (Å²) < 4.78 is 6.86. The Morgan fingerprint density at radius 1 is 0.737 bits per heavy atom.